The number of aromatic amines is 1. The first kappa shape index (κ1) is 25.5. The van der Waals surface area contributed by atoms with E-state index in [0.29, 0.717) is 17.9 Å². The average Bonchev–Trinajstić information content (AvgIpc) is 3.63. The number of aryl methyl sites for hydroxylation is 2. The van der Waals surface area contributed by atoms with E-state index in [1.807, 2.05) is 28.9 Å². The Labute approximate surface area is 227 Å². The number of hydrogen-bond acceptors (Lipinski definition) is 8. The summed E-state index contributed by atoms with van der Waals surface area (Å²) in [6.45, 7) is 8.83. The molecule has 10 heteroatoms. The summed E-state index contributed by atoms with van der Waals surface area (Å²) < 4.78 is 13.2. The Kier molecular flexibility index (Phi) is 7.05. The number of rotatable bonds is 7. The molecule has 0 unspecified atom stereocenters. The highest BCUT2D eigenvalue weighted by atomic mass is 16.5. The van der Waals surface area contributed by atoms with Gasteiger partial charge in [-0.05, 0) is 78.6 Å². The maximum Gasteiger partial charge on any atom is 0.253 e. The summed E-state index contributed by atoms with van der Waals surface area (Å²) in [6.07, 6.45) is 2.10. The molecular formula is C29H35N7O3. The molecule has 0 radical (unpaired) electrons. The Hall–Kier alpha value is -3.76. The topological polar surface area (TPSA) is 101 Å². The predicted molar refractivity (Wildman–Crippen MR) is 149 cm³/mol. The minimum Gasteiger partial charge on any atom is -0.497 e. The highest BCUT2D eigenvalue weighted by Crippen LogP contribution is 2.31. The van der Waals surface area contributed by atoms with E-state index < -0.39 is 6.04 Å². The molecule has 2 aromatic heterocycles. The number of fused-ring (bicyclic) bond motifs is 1. The fourth-order valence-corrected chi connectivity index (χ4v) is 5.83. The van der Waals surface area contributed by atoms with Crippen molar-refractivity contribution in [2.75, 3.05) is 44.8 Å². The van der Waals surface area contributed by atoms with Crippen LogP contribution in [-0.2, 0) is 11.3 Å². The van der Waals surface area contributed by atoms with Crippen LogP contribution in [0.5, 0.6) is 5.75 Å². The zero-order valence-corrected chi connectivity index (χ0v) is 22.8. The van der Waals surface area contributed by atoms with Gasteiger partial charge in [-0.1, -0.05) is 12.1 Å². The maximum atomic E-state index is 13.6. The third-order valence-corrected chi connectivity index (χ3v) is 7.96. The fourth-order valence-electron chi connectivity index (χ4n) is 5.83. The zero-order valence-electron chi connectivity index (χ0n) is 22.8. The first-order chi connectivity index (χ1) is 19.0. The van der Waals surface area contributed by atoms with Crippen LogP contribution in [0, 0.1) is 13.8 Å². The van der Waals surface area contributed by atoms with Gasteiger partial charge in [-0.3, -0.25) is 9.69 Å². The zero-order chi connectivity index (χ0) is 26.9. The quantitative estimate of drug-likeness (QED) is 0.390. The lowest BCUT2D eigenvalue weighted by Gasteiger charge is -2.40. The number of tetrazole rings is 1. The minimum atomic E-state index is -0.401. The van der Waals surface area contributed by atoms with Gasteiger partial charge in [0.1, 0.15) is 11.8 Å². The standard InChI is InChI=1S/C29H35N7O3/c1-19-6-7-20(2)26(15-19)34-10-12-35(13-11-34)27(28-31-32-33-36(28)18-23-5-4-14-39-23)24-17-21-16-22(38-3)8-9-25(21)30-29(24)37/h6-9,15-17,23,27H,4-5,10-14,18H2,1-3H3,(H,30,37)/t23-,27-/m1/s1. The van der Waals surface area contributed by atoms with Gasteiger partial charge in [-0.15, -0.1) is 5.10 Å². The number of methoxy groups -OCH3 is 1. The van der Waals surface area contributed by atoms with Crippen LogP contribution < -0.4 is 15.2 Å². The number of aromatic nitrogens is 5. The van der Waals surface area contributed by atoms with E-state index in [1.165, 1.54) is 16.8 Å². The van der Waals surface area contributed by atoms with Crippen molar-refractivity contribution in [1.29, 1.82) is 0 Å². The summed E-state index contributed by atoms with van der Waals surface area (Å²) in [4.78, 5) is 21.4. The number of H-pyrrole nitrogens is 1. The van der Waals surface area contributed by atoms with Gasteiger partial charge in [-0.2, -0.15) is 0 Å². The molecule has 2 aromatic carbocycles. The largest absolute Gasteiger partial charge is 0.497 e. The minimum absolute atomic E-state index is 0.0770. The van der Waals surface area contributed by atoms with E-state index in [1.54, 1.807) is 7.11 Å². The molecule has 0 amide bonds. The van der Waals surface area contributed by atoms with E-state index in [2.05, 4.69) is 62.4 Å². The lowest BCUT2D eigenvalue weighted by molar-refractivity contribution is 0.0906. The van der Waals surface area contributed by atoms with E-state index in [9.17, 15) is 4.79 Å². The normalized spacial score (nSPS) is 19.1. The van der Waals surface area contributed by atoms with Crippen LogP contribution in [0.1, 0.15) is 41.4 Å². The number of anilines is 1. The van der Waals surface area contributed by atoms with Crippen LogP contribution in [0.15, 0.2) is 47.3 Å². The summed E-state index contributed by atoms with van der Waals surface area (Å²) in [5, 5.41) is 13.8. The lowest BCUT2D eigenvalue weighted by Crippen LogP contribution is -2.49. The van der Waals surface area contributed by atoms with Crippen LogP contribution in [0.25, 0.3) is 10.9 Å². The van der Waals surface area contributed by atoms with Crippen molar-refractivity contribution < 1.29 is 9.47 Å². The smallest absolute Gasteiger partial charge is 0.253 e. The van der Waals surface area contributed by atoms with Crippen molar-refractivity contribution in [2.45, 2.75) is 45.4 Å². The molecule has 1 N–H and O–H groups in total. The van der Waals surface area contributed by atoms with Crippen LogP contribution >= 0.6 is 0 Å². The monoisotopic (exact) mass is 529 g/mol. The second-order valence-corrected chi connectivity index (χ2v) is 10.6. The molecule has 4 heterocycles. The van der Waals surface area contributed by atoms with Crippen molar-refractivity contribution >= 4 is 16.6 Å². The summed E-state index contributed by atoms with van der Waals surface area (Å²) in [6, 6.07) is 13.8. The van der Waals surface area contributed by atoms with E-state index in [-0.39, 0.29) is 11.7 Å². The van der Waals surface area contributed by atoms with Crippen LogP contribution in [-0.4, -0.2) is 76.1 Å². The first-order valence-corrected chi connectivity index (χ1v) is 13.6. The van der Waals surface area contributed by atoms with Crippen LogP contribution in [0.2, 0.25) is 0 Å². The fraction of sp³-hybridized carbons (Fsp3) is 0.448. The summed E-state index contributed by atoms with van der Waals surface area (Å²) in [5.74, 6) is 1.40. The second kappa shape index (κ2) is 10.8. The number of benzene rings is 2. The molecule has 0 spiro atoms. The number of pyridine rings is 1. The number of hydrogen-bond donors (Lipinski definition) is 1. The summed E-state index contributed by atoms with van der Waals surface area (Å²) in [5.41, 5.74) is 5.04. The lowest BCUT2D eigenvalue weighted by atomic mass is 10.0. The second-order valence-electron chi connectivity index (χ2n) is 10.6. The molecule has 10 nitrogen and oxygen atoms in total. The molecule has 0 saturated carbocycles. The van der Waals surface area contributed by atoms with Crippen molar-refractivity contribution in [1.82, 2.24) is 30.1 Å². The van der Waals surface area contributed by atoms with Crippen molar-refractivity contribution in [3.63, 3.8) is 0 Å². The van der Waals surface area contributed by atoms with E-state index in [4.69, 9.17) is 9.47 Å². The molecule has 2 aliphatic heterocycles. The van der Waals surface area contributed by atoms with Crippen molar-refractivity contribution in [2.24, 2.45) is 0 Å². The first-order valence-electron chi connectivity index (χ1n) is 13.6. The number of ether oxygens (including phenoxy) is 2. The highest BCUT2D eigenvalue weighted by Gasteiger charge is 2.34. The van der Waals surface area contributed by atoms with Gasteiger partial charge in [0, 0.05) is 54.9 Å². The van der Waals surface area contributed by atoms with Crippen molar-refractivity contribution in [3.05, 3.63) is 75.3 Å². The molecular weight excluding hydrogens is 494 g/mol. The molecule has 2 atom stereocenters. The maximum absolute atomic E-state index is 13.6. The Morgan fingerprint density at radius 1 is 1.10 bits per heavy atom. The van der Waals surface area contributed by atoms with Gasteiger partial charge in [0.25, 0.3) is 5.56 Å². The third-order valence-electron chi connectivity index (χ3n) is 7.96. The molecule has 2 fully saturated rings. The Morgan fingerprint density at radius 2 is 1.95 bits per heavy atom. The molecule has 0 bridgehead atoms. The Bertz CT molecular complexity index is 1520. The van der Waals surface area contributed by atoms with E-state index in [0.717, 1.165) is 62.3 Å². The van der Waals surface area contributed by atoms with Gasteiger partial charge in [-0.25, -0.2) is 4.68 Å². The number of nitrogens with one attached hydrogen (secondary N) is 1. The third kappa shape index (κ3) is 5.14. The number of piperazine rings is 1. The van der Waals surface area contributed by atoms with E-state index >= 15 is 0 Å². The molecule has 2 saturated heterocycles. The van der Waals surface area contributed by atoms with Gasteiger partial charge in [0.2, 0.25) is 0 Å². The average molecular weight is 530 g/mol. The molecule has 204 valence electrons. The summed E-state index contributed by atoms with van der Waals surface area (Å²) in [7, 11) is 1.64. The predicted octanol–water partition coefficient (Wildman–Crippen LogP) is 3.23. The van der Waals surface area contributed by atoms with Crippen molar-refractivity contribution in [3.8, 4) is 5.75 Å². The SMILES string of the molecule is COc1ccc2[nH]c(=O)c([C@H](c3nnnn3C[C@H]3CCCO3)N3CCN(c4cc(C)ccc4C)CC3)cc2c1. The van der Waals surface area contributed by atoms with Gasteiger partial charge in [0.15, 0.2) is 5.82 Å². The number of nitrogens with zero attached hydrogens (tertiary/aromatic N) is 6. The Morgan fingerprint density at radius 3 is 2.72 bits per heavy atom. The van der Waals surface area contributed by atoms with Gasteiger partial charge in [0.05, 0.1) is 19.8 Å². The molecule has 4 aromatic rings. The molecule has 0 aliphatic carbocycles. The van der Waals surface area contributed by atoms with Gasteiger partial charge >= 0.3 is 0 Å². The molecule has 2 aliphatic rings. The van der Waals surface area contributed by atoms with Crippen LogP contribution in [0.4, 0.5) is 5.69 Å². The Balaban J connectivity index is 1.37. The molecule has 39 heavy (non-hydrogen) atoms. The van der Waals surface area contributed by atoms with Gasteiger partial charge < -0.3 is 19.4 Å². The van der Waals surface area contributed by atoms with Crippen LogP contribution in [0.3, 0.4) is 0 Å². The molecule has 6 rings (SSSR count). The highest BCUT2D eigenvalue weighted by molar-refractivity contribution is 5.80. The summed E-state index contributed by atoms with van der Waals surface area (Å²) >= 11 is 0.